The van der Waals surface area contributed by atoms with Crippen molar-refractivity contribution in [3.8, 4) is 0 Å². The molecule has 6 heteroatoms. The topological polar surface area (TPSA) is 44.8 Å². The first kappa shape index (κ1) is 15.3. The van der Waals surface area contributed by atoms with Gasteiger partial charge >= 0.3 is 5.97 Å². The highest BCUT2D eigenvalue weighted by molar-refractivity contribution is 5.85. The lowest BCUT2D eigenvalue weighted by atomic mass is 10.1. The van der Waals surface area contributed by atoms with Gasteiger partial charge in [0.15, 0.2) is 6.04 Å². The third kappa shape index (κ3) is 3.30. The van der Waals surface area contributed by atoms with Crippen molar-refractivity contribution in [1.82, 2.24) is 15.5 Å². The molecule has 0 aliphatic carbocycles. The van der Waals surface area contributed by atoms with Crippen LogP contribution in [0.5, 0.6) is 0 Å². The van der Waals surface area contributed by atoms with Crippen LogP contribution in [0.2, 0.25) is 0 Å². The van der Waals surface area contributed by atoms with E-state index in [9.17, 15) is 4.79 Å². The van der Waals surface area contributed by atoms with Gasteiger partial charge in [-0.1, -0.05) is 35.9 Å². The van der Waals surface area contributed by atoms with Crippen molar-refractivity contribution in [3.63, 3.8) is 0 Å². The van der Waals surface area contributed by atoms with Crippen LogP contribution in [0.15, 0.2) is 30.3 Å². The number of carbonyl (C=O) groups is 1. The monoisotopic (exact) mass is 297 g/mol. The molecule has 110 valence electrons. The number of benzene rings is 1. The number of nitrogens with one attached hydrogen (secondary N) is 1. The maximum absolute atomic E-state index is 11.8. The average molecular weight is 298 g/mol. The summed E-state index contributed by atoms with van der Waals surface area (Å²) in [6, 6.07) is 9.43. The Balaban J connectivity index is 0.00000147. The van der Waals surface area contributed by atoms with E-state index in [1.165, 1.54) is 25.9 Å². The first-order valence-electron chi connectivity index (χ1n) is 6.85. The number of hydrazine groups is 1. The summed E-state index contributed by atoms with van der Waals surface area (Å²) in [4.78, 5) is 19.2. The number of carbonyl (C=O) groups excluding carboxylic acids is 1. The number of likely N-dealkylation sites (tertiary alicyclic amines) is 1. The van der Waals surface area contributed by atoms with Crippen molar-refractivity contribution >= 4 is 18.4 Å². The molecule has 0 bridgehead atoms. The van der Waals surface area contributed by atoms with Crippen LogP contribution in [-0.4, -0.2) is 42.1 Å². The summed E-state index contributed by atoms with van der Waals surface area (Å²) in [6.07, 6.45) is 2.57. The molecule has 2 heterocycles. The minimum absolute atomic E-state index is 0. The van der Waals surface area contributed by atoms with Crippen LogP contribution in [-0.2, 0) is 9.63 Å². The molecule has 1 unspecified atom stereocenters. The van der Waals surface area contributed by atoms with Crippen LogP contribution in [0.25, 0.3) is 0 Å². The SMILES string of the molecule is Cl.O=C1ONN(CCN2CCCC2)C1c1ccccc1. The second-order valence-corrected chi connectivity index (χ2v) is 5.07. The number of hydrogen-bond acceptors (Lipinski definition) is 5. The molecule has 2 fully saturated rings. The lowest BCUT2D eigenvalue weighted by Gasteiger charge is -2.22. The Kier molecular flexibility index (Phi) is 5.37. The summed E-state index contributed by atoms with van der Waals surface area (Å²) < 4.78 is 0. The summed E-state index contributed by atoms with van der Waals surface area (Å²) in [6.45, 7) is 4.08. The molecule has 0 aromatic heterocycles. The van der Waals surface area contributed by atoms with E-state index in [0.29, 0.717) is 0 Å². The van der Waals surface area contributed by atoms with Crippen molar-refractivity contribution in [1.29, 1.82) is 0 Å². The van der Waals surface area contributed by atoms with Gasteiger partial charge in [-0.15, -0.1) is 12.4 Å². The Morgan fingerprint density at radius 3 is 2.55 bits per heavy atom. The second-order valence-electron chi connectivity index (χ2n) is 5.07. The van der Waals surface area contributed by atoms with Crippen LogP contribution < -0.4 is 5.59 Å². The normalized spacial score (nSPS) is 23.6. The van der Waals surface area contributed by atoms with Gasteiger partial charge in [0.05, 0.1) is 0 Å². The quantitative estimate of drug-likeness (QED) is 0.913. The van der Waals surface area contributed by atoms with Crippen molar-refractivity contribution in [2.45, 2.75) is 18.9 Å². The van der Waals surface area contributed by atoms with Gasteiger partial charge in [0.25, 0.3) is 0 Å². The molecule has 2 aliphatic heterocycles. The van der Waals surface area contributed by atoms with E-state index in [1.807, 2.05) is 35.3 Å². The fourth-order valence-corrected chi connectivity index (χ4v) is 2.72. The zero-order valence-electron chi connectivity index (χ0n) is 11.3. The van der Waals surface area contributed by atoms with Gasteiger partial charge in [-0.3, -0.25) is 0 Å². The van der Waals surface area contributed by atoms with Crippen LogP contribution in [0.4, 0.5) is 0 Å². The third-order valence-corrected chi connectivity index (χ3v) is 3.77. The van der Waals surface area contributed by atoms with Crippen LogP contribution in [0, 0.1) is 0 Å². The molecule has 1 atom stereocenters. The Labute approximate surface area is 125 Å². The molecule has 0 amide bonds. The Hall–Kier alpha value is -1.14. The van der Waals surface area contributed by atoms with E-state index in [4.69, 9.17) is 4.84 Å². The van der Waals surface area contributed by atoms with Crippen LogP contribution in [0.3, 0.4) is 0 Å². The predicted octanol–water partition coefficient (Wildman–Crippen LogP) is 1.52. The number of hydrogen-bond donors (Lipinski definition) is 1. The molecule has 3 rings (SSSR count). The maximum Gasteiger partial charge on any atom is 0.349 e. The maximum atomic E-state index is 11.8. The predicted molar refractivity (Wildman–Crippen MR) is 78.0 cm³/mol. The summed E-state index contributed by atoms with van der Waals surface area (Å²) in [5.41, 5.74) is 3.71. The van der Waals surface area contributed by atoms with Gasteiger partial charge in [-0.2, -0.15) is 5.01 Å². The van der Waals surface area contributed by atoms with Gasteiger partial charge < -0.3 is 9.74 Å². The molecule has 2 aliphatic rings. The minimum Gasteiger partial charge on any atom is -0.353 e. The largest absolute Gasteiger partial charge is 0.353 e. The van der Waals surface area contributed by atoms with E-state index in [1.54, 1.807) is 0 Å². The molecule has 0 spiro atoms. The molecular weight excluding hydrogens is 278 g/mol. The van der Waals surface area contributed by atoms with Crippen molar-refractivity contribution in [2.75, 3.05) is 26.2 Å². The molecular formula is C14H20ClN3O2. The van der Waals surface area contributed by atoms with Gasteiger partial charge in [-0.25, -0.2) is 4.79 Å². The zero-order chi connectivity index (χ0) is 13.1. The number of nitrogens with zero attached hydrogens (tertiary/aromatic N) is 2. The molecule has 20 heavy (non-hydrogen) atoms. The molecule has 0 radical (unpaired) electrons. The summed E-state index contributed by atoms with van der Waals surface area (Å²) in [5, 5.41) is 1.88. The van der Waals surface area contributed by atoms with E-state index in [0.717, 1.165) is 18.7 Å². The molecule has 5 nitrogen and oxygen atoms in total. The third-order valence-electron chi connectivity index (χ3n) is 3.77. The molecule has 1 aromatic rings. The van der Waals surface area contributed by atoms with Gasteiger partial charge in [-0.05, 0) is 31.5 Å². The first-order valence-corrected chi connectivity index (χ1v) is 6.85. The average Bonchev–Trinajstić information content (AvgIpc) is 3.07. The summed E-state index contributed by atoms with van der Waals surface area (Å²) in [5.74, 6) is -0.229. The highest BCUT2D eigenvalue weighted by atomic mass is 35.5. The molecule has 2 saturated heterocycles. The lowest BCUT2D eigenvalue weighted by molar-refractivity contribution is -0.144. The van der Waals surface area contributed by atoms with E-state index >= 15 is 0 Å². The van der Waals surface area contributed by atoms with E-state index < -0.39 is 0 Å². The lowest BCUT2D eigenvalue weighted by Crippen LogP contribution is -2.39. The molecule has 1 aromatic carbocycles. The van der Waals surface area contributed by atoms with Gasteiger partial charge in [0.2, 0.25) is 0 Å². The van der Waals surface area contributed by atoms with Crippen LogP contribution >= 0.6 is 12.4 Å². The van der Waals surface area contributed by atoms with E-state index in [2.05, 4.69) is 10.5 Å². The highest BCUT2D eigenvalue weighted by Crippen LogP contribution is 2.24. The second kappa shape index (κ2) is 7.04. The number of rotatable bonds is 4. The zero-order valence-corrected chi connectivity index (χ0v) is 12.1. The van der Waals surface area contributed by atoms with Gasteiger partial charge in [0.1, 0.15) is 0 Å². The molecule has 0 saturated carbocycles. The Bertz CT molecular complexity index is 437. The highest BCUT2D eigenvalue weighted by Gasteiger charge is 2.36. The first-order chi connectivity index (χ1) is 9.34. The Morgan fingerprint density at radius 2 is 1.85 bits per heavy atom. The Morgan fingerprint density at radius 1 is 1.15 bits per heavy atom. The van der Waals surface area contributed by atoms with Crippen molar-refractivity contribution < 1.29 is 9.63 Å². The smallest absolute Gasteiger partial charge is 0.349 e. The van der Waals surface area contributed by atoms with E-state index in [-0.39, 0.29) is 24.4 Å². The van der Waals surface area contributed by atoms with Crippen molar-refractivity contribution in [3.05, 3.63) is 35.9 Å². The van der Waals surface area contributed by atoms with Crippen molar-refractivity contribution in [2.24, 2.45) is 0 Å². The summed E-state index contributed by atoms with van der Waals surface area (Å²) >= 11 is 0. The fraction of sp³-hybridized carbons (Fsp3) is 0.500. The fourth-order valence-electron chi connectivity index (χ4n) is 2.72. The van der Waals surface area contributed by atoms with Gasteiger partial charge in [0, 0.05) is 13.1 Å². The molecule has 1 N–H and O–H groups in total. The number of halogens is 1. The van der Waals surface area contributed by atoms with Crippen LogP contribution in [0.1, 0.15) is 24.4 Å². The minimum atomic E-state index is -0.330. The summed E-state index contributed by atoms with van der Waals surface area (Å²) in [7, 11) is 0. The standard InChI is InChI=1S/C14H19N3O2.ClH/c18-14-13(12-6-2-1-3-7-12)17(15-19-14)11-10-16-8-4-5-9-16;/h1-3,6-7,13,15H,4-5,8-11H2;1H.